The minimum absolute atomic E-state index is 0.348. The van der Waals surface area contributed by atoms with Crippen LogP contribution in [0.25, 0.3) is 6.08 Å². The molecule has 3 rings (SSSR count). The van der Waals surface area contributed by atoms with Gasteiger partial charge < -0.3 is 0 Å². The third-order valence-electron chi connectivity index (χ3n) is 5.61. The van der Waals surface area contributed by atoms with Crippen LogP contribution < -0.4 is 0 Å². The molecular weight excluding hydrogens is 240 g/mol. The van der Waals surface area contributed by atoms with Crippen LogP contribution in [-0.4, -0.2) is 0 Å². The number of allylic oxidation sites excluding steroid dienone is 3. The van der Waals surface area contributed by atoms with Crippen molar-refractivity contribution in [1.82, 2.24) is 0 Å². The zero-order chi connectivity index (χ0) is 14.2. The molecule has 0 aliphatic heterocycles. The molecule has 0 radical (unpaired) electrons. The molecule has 2 aliphatic rings. The smallest absolute Gasteiger partial charge is 0.00700 e. The molecule has 1 fully saturated rings. The van der Waals surface area contributed by atoms with E-state index in [1.54, 1.807) is 11.1 Å². The van der Waals surface area contributed by atoms with Gasteiger partial charge in [-0.2, -0.15) is 0 Å². The summed E-state index contributed by atoms with van der Waals surface area (Å²) >= 11 is 0. The average Bonchev–Trinajstić information content (AvgIpc) is 2.66. The fourth-order valence-corrected chi connectivity index (χ4v) is 4.51. The number of benzene rings is 1. The molecule has 1 aromatic carbocycles. The van der Waals surface area contributed by atoms with Gasteiger partial charge in [0.2, 0.25) is 0 Å². The van der Waals surface area contributed by atoms with E-state index in [0.717, 1.165) is 11.8 Å². The van der Waals surface area contributed by atoms with Crippen LogP contribution in [0.15, 0.2) is 47.6 Å². The Hall–Kier alpha value is -1.30. The second-order valence-electron chi connectivity index (χ2n) is 7.06. The Kier molecular flexibility index (Phi) is 3.58. The number of hydrogen-bond donors (Lipinski definition) is 0. The van der Waals surface area contributed by atoms with Crippen molar-refractivity contribution in [3.8, 4) is 0 Å². The minimum Gasteiger partial charge on any atom is -0.0662 e. The number of fused-ring (bicyclic) bond motifs is 1. The summed E-state index contributed by atoms with van der Waals surface area (Å²) in [6.07, 6.45) is 10.3. The third-order valence-corrected chi connectivity index (χ3v) is 5.61. The minimum atomic E-state index is 0.348. The van der Waals surface area contributed by atoms with E-state index < -0.39 is 0 Å². The highest BCUT2D eigenvalue weighted by atomic mass is 14.5. The lowest BCUT2D eigenvalue weighted by molar-refractivity contribution is 0.176. The predicted octanol–water partition coefficient (Wildman–Crippen LogP) is 5.86. The van der Waals surface area contributed by atoms with Gasteiger partial charge in [0.1, 0.15) is 0 Å². The maximum absolute atomic E-state index is 2.46. The Morgan fingerprint density at radius 1 is 1.00 bits per heavy atom. The molecule has 0 spiro atoms. The van der Waals surface area contributed by atoms with Crippen LogP contribution in [0.4, 0.5) is 0 Å². The van der Waals surface area contributed by atoms with Gasteiger partial charge in [-0.15, -0.1) is 0 Å². The van der Waals surface area contributed by atoms with Gasteiger partial charge >= 0.3 is 0 Å². The van der Waals surface area contributed by atoms with Gasteiger partial charge in [-0.25, -0.2) is 0 Å². The second-order valence-corrected chi connectivity index (χ2v) is 7.06. The first-order valence-electron chi connectivity index (χ1n) is 8.05. The van der Waals surface area contributed by atoms with Crippen molar-refractivity contribution in [2.24, 2.45) is 17.3 Å². The van der Waals surface area contributed by atoms with Crippen molar-refractivity contribution in [2.75, 3.05) is 0 Å². The maximum atomic E-state index is 2.46. The molecule has 0 aromatic heterocycles. The van der Waals surface area contributed by atoms with Gasteiger partial charge in [0.15, 0.2) is 0 Å². The summed E-state index contributed by atoms with van der Waals surface area (Å²) in [6, 6.07) is 10.7. The summed E-state index contributed by atoms with van der Waals surface area (Å²) in [5.74, 6) is 1.71. The van der Waals surface area contributed by atoms with E-state index >= 15 is 0 Å². The van der Waals surface area contributed by atoms with Gasteiger partial charge in [-0.05, 0) is 48.2 Å². The summed E-state index contributed by atoms with van der Waals surface area (Å²) in [5, 5.41) is 0. The molecule has 0 heterocycles. The van der Waals surface area contributed by atoms with Crippen molar-refractivity contribution >= 4 is 6.08 Å². The average molecular weight is 266 g/mol. The lowest BCUT2D eigenvalue weighted by Gasteiger charge is -2.36. The highest BCUT2D eigenvalue weighted by Gasteiger charge is 2.45. The molecule has 2 unspecified atom stereocenters. The first kappa shape index (κ1) is 13.7. The quantitative estimate of drug-likeness (QED) is 0.628. The summed E-state index contributed by atoms with van der Waals surface area (Å²) in [7, 11) is 0. The van der Waals surface area contributed by atoms with Crippen molar-refractivity contribution in [2.45, 2.75) is 46.5 Å². The molecule has 1 aromatic rings. The molecule has 0 heteroatoms. The first-order valence-corrected chi connectivity index (χ1v) is 8.05. The van der Waals surface area contributed by atoms with Crippen LogP contribution in [0.3, 0.4) is 0 Å². The van der Waals surface area contributed by atoms with E-state index in [4.69, 9.17) is 0 Å². The monoisotopic (exact) mass is 266 g/mol. The largest absolute Gasteiger partial charge is 0.0662 e. The predicted molar refractivity (Wildman–Crippen MR) is 87.4 cm³/mol. The third kappa shape index (κ3) is 2.26. The molecule has 2 atom stereocenters. The molecule has 0 N–H and O–H groups in total. The van der Waals surface area contributed by atoms with Crippen molar-refractivity contribution in [3.63, 3.8) is 0 Å². The Balaban J connectivity index is 1.91. The molecule has 20 heavy (non-hydrogen) atoms. The molecular formula is C20H26. The van der Waals surface area contributed by atoms with E-state index in [2.05, 4.69) is 63.3 Å². The van der Waals surface area contributed by atoms with Crippen molar-refractivity contribution in [3.05, 3.63) is 53.1 Å². The van der Waals surface area contributed by atoms with E-state index in [1.165, 1.54) is 31.2 Å². The molecule has 2 aliphatic carbocycles. The van der Waals surface area contributed by atoms with Crippen LogP contribution in [-0.2, 0) is 0 Å². The lowest BCUT2D eigenvalue weighted by atomic mass is 9.68. The molecule has 106 valence electrons. The molecule has 0 saturated heterocycles. The van der Waals surface area contributed by atoms with Crippen molar-refractivity contribution < 1.29 is 0 Å². The molecule has 0 amide bonds. The van der Waals surface area contributed by atoms with Crippen LogP contribution in [0.5, 0.6) is 0 Å². The highest BCUT2D eigenvalue weighted by molar-refractivity contribution is 5.55. The second kappa shape index (κ2) is 5.24. The zero-order valence-electron chi connectivity index (χ0n) is 13.0. The standard InChI is InChI=1S/C20H26/c1-15-17-11-7-8-12-19(17)20(2,3)18(15)14-13-16-9-5-4-6-10-16/h4-6,9-10,13-14,17,19H,7-8,11-12H2,1-3H3/b14-13+. The summed E-state index contributed by atoms with van der Waals surface area (Å²) < 4.78 is 0. The maximum Gasteiger partial charge on any atom is -0.00700 e. The van der Waals surface area contributed by atoms with Crippen LogP contribution in [0.1, 0.15) is 52.0 Å². The Labute approximate surface area is 123 Å². The van der Waals surface area contributed by atoms with Gasteiger partial charge in [0, 0.05) is 0 Å². The zero-order valence-corrected chi connectivity index (χ0v) is 13.0. The summed E-state index contributed by atoms with van der Waals surface area (Å²) in [6.45, 7) is 7.29. The summed E-state index contributed by atoms with van der Waals surface area (Å²) in [5.41, 5.74) is 4.91. The normalized spacial score (nSPS) is 28.9. The fraction of sp³-hybridized carbons (Fsp3) is 0.500. The van der Waals surface area contributed by atoms with Crippen LogP contribution in [0.2, 0.25) is 0 Å². The fourth-order valence-electron chi connectivity index (χ4n) is 4.51. The Morgan fingerprint density at radius 2 is 1.70 bits per heavy atom. The van der Waals surface area contributed by atoms with Crippen LogP contribution in [0, 0.1) is 17.3 Å². The Morgan fingerprint density at radius 3 is 2.40 bits per heavy atom. The summed E-state index contributed by atoms with van der Waals surface area (Å²) in [4.78, 5) is 0. The lowest BCUT2D eigenvalue weighted by Crippen LogP contribution is -2.27. The molecule has 1 saturated carbocycles. The van der Waals surface area contributed by atoms with Gasteiger partial charge in [0.05, 0.1) is 0 Å². The Bertz CT molecular complexity index is 530. The van der Waals surface area contributed by atoms with E-state index in [1.807, 2.05) is 0 Å². The van der Waals surface area contributed by atoms with E-state index in [-0.39, 0.29) is 0 Å². The molecule has 0 bridgehead atoms. The first-order chi connectivity index (χ1) is 9.60. The highest BCUT2D eigenvalue weighted by Crippen LogP contribution is 2.56. The number of hydrogen-bond acceptors (Lipinski definition) is 0. The van der Waals surface area contributed by atoms with Crippen LogP contribution >= 0.6 is 0 Å². The van der Waals surface area contributed by atoms with Gasteiger partial charge in [-0.1, -0.05) is 74.7 Å². The number of rotatable bonds is 2. The topological polar surface area (TPSA) is 0 Å². The molecule has 0 nitrogen and oxygen atoms in total. The SMILES string of the molecule is CC1=C(/C=C/c2ccccc2)C(C)(C)C2CCCCC12. The van der Waals surface area contributed by atoms with Gasteiger partial charge in [0.25, 0.3) is 0 Å². The van der Waals surface area contributed by atoms with Gasteiger partial charge in [-0.3, -0.25) is 0 Å². The van der Waals surface area contributed by atoms with E-state index in [0.29, 0.717) is 5.41 Å². The van der Waals surface area contributed by atoms with E-state index in [9.17, 15) is 0 Å². The van der Waals surface area contributed by atoms with Crippen molar-refractivity contribution in [1.29, 1.82) is 0 Å².